The van der Waals surface area contributed by atoms with Gasteiger partial charge in [-0.1, -0.05) is 19.3 Å². The lowest BCUT2D eigenvalue weighted by molar-refractivity contribution is 0.413. The monoisotopic (exact) mass is 510 g/mol. The molecule has 1 saturated carbocycles. The van der Waals surface area contributed by atoms with Gasteiger partial charge >= 0.3 is 0 Å². The van der Waals surface area contributed by atoms with Gasteiger partial charge in [0.25, 0.3) is 0 Å². The predicted molar refractivity (Wildman–Crippen MR) is 148 cm³/mol. The van der Waals surface area contributed by atoms with Gasteiger partial charge in [0.05, 0.1) is 0 Å². The summed E-state index contributed by atoms with van der Waals surface area (Å²) >= 11 is 0. The van der Waals surface area contributed by atoms with Crippen molar-refractivity contribution in [2.24, 2.45) is 11.7 Å². The molecule has 3 N–H and O–H groups in total. The quantitative estimate of drug-likeness (QED) is 0.252. The van der Waals surface area contributed by atoms with Gasteiger partial charge in [-0.2, -0.15) is 10.2 Å². The first-order chi connectivity index (χ1) is 18.6. The molecule has 1 aromatic carbocycles. The molecule has 38 heavy (non-hydrogen) atoms. The topological polar surface area (TPSA) is 108 Å². The number of hydrogen-bond donors (Lipinski definition) is 2. The number of anilines is 2. The van der Waals surface area contributed by atoms with Crippen LogP contribution in [0.1, 0.15) is 56.1 Å². The molecule has 0 amide bonds. The molecule has 6 rings (SSSR count). The number of pyridine rings is 1. The number of ether oxygens (including phenoxy) is 1. The smallest absolute Gasteiger partial charge is 0.158 e. The van der Waals surface area contributed by atoms with Crippen LogP contribution >= 0.6 is 0 Å². The van der Waals surface area contributed by atoms with E-state index in [9.17, 15) is 0 Å². The number of aromatic nitrogens is 6. The fourth-order valence-corrected chi connectivity index (χ4v) is 5.55. The summed E-state index contributed by atoms with van der Waals surface area (Å²) in [6, 6.07) is 12.4. The molecule has 0 aliphatic heterocycles. The largest absolute Gasteiger partial charge is 0.457 e. The van der Waals surface area contributed by atoms with Crippen molar-refractivity contribution in [3.8, 4) is 11.5 Å². The lowest BCUT2D eigenvalue weighted by Crippen LogP contribution is -2.18. The van der Waals surface area contributed by atoms with E-state index in [0.29, 0.717) is 6.04 Å². The maximum Gasteiger partial charge on any atom is 0.158 e. The van der Waals surface area contributed by atoms with Gasteiger partial charge in [-0.3, -0.25) is 0 Å². The molecule has 2 atom stereocenters. The normalized spacial score (nSPS) is 18.1. The number of rotatable bonds is 8. The Kier molecular flexibility index (Phi) is 6.92. The second kappa shape index (κ2) is 10.8. The zero-order valence-electron chi connectivity index (χ0n) is 21.8. The number of nitrogens with two attached hydrogens (primary N) is 1. The molecule has 0 spiro atoms. The molecule has 1 aliphatic carbocycles. The highest BCUT2D eigenvalue weighted by Gasteiger charge is 2.17. The Bertz CT molecular complexity index is 1540. The second-order valence-electron chi connectivity index (χ2n) is 10.4. The van der Waals surface area contributed by atoms with Crippen LogP contribution in [0.5, 0.6) is 11.5 Å². The van der Waals surface area contributed by atoms with E-state index in [1.165, 1.54) is 56.8 Å². The summed E-state index contributed by atoms with van der Waals surface area (Å²) in [7, 11) is 0. The van der Waals surface area contributed by atoms with Crippen molar-refractivity contribution in [2.75, 3.05) is 5.32 Å². The van der Waals surface area contributed by atoms with E-state index in [-0.39, 0.29) is 0 Å². The van der Waals surface area contributed by atoms with E-state index in [1.54, 1.807) is 10.8 Å². The van der Waals surface area contributed by atoms with Crippen molar-refractivity contribution in [3.05, 3.63) is 72.6 Å². The fraction of sp³-hybridized carbons (Fsp3) is 0.379. The van der Waals surface area contributed by atoms with Crippen molar-refractivity contribution in [1.82, 2.24) is 29.2 Å². The summed E-state index contributed by atoms with van der Waals surface area (Å²) in [5.74, 6) is 3.12. The first kappa shape index (κ1) is 24.4. The van der Waals surface area contributed by atoms with Crippen LogP contribution in [-0.4, -0.2) is 35.2 Å². The molecule has 2 unspecified atom stereocenters. The van der Waals surface area contributed by atoms with Gasteiger partial charge in [-0.15, -0.1) is 0 Å². The van der Waals surface area contributed by atoms with E-state index < -0.39 is 0 Å². The molecular formula is C29H34N8O. The molecular weight excluding hydrogens is 476 g/mol. The van der Waals surface area contributed by atoms with Gasteiger partial charge in [0.1, 0.15) is 29.7 Å². The summed E-state index contributed by atoms with van der Waals surface area (Å²) < 4.78 is 9.75. The van der Waals surface area contributed by atoms with Crippen LogP contribution in [0.25, 0.3) is 11.2 Å². The van der Waals surface area contributed by atoms with E-state index in [4.69, 9.17) is 10.5 Å². The third-order valence-corrected chi connectivity index (χ3v) is 7.65. The molecule has 0 radical (unpaired) electrons. The summed E-state index contributed by atoms with van der Waals surface area (Å²) in [5, 5.41) is 12.1. The Hall–Kier alpha value is -3.98. The highest BCUT2D eigenvalue weighted by molar-refractivity contribution is 5.76. The number of fused-ring (bicyclic) bond motifs is 2. The van der Waals surface area contributed by atoms with E-state index in [0.717, 1.165) is 52.1 Å². The predicted octanol–water partition coefficient (Wildman–Crippen LogP) is 5.85. The number of benzene rings is 1. The van der Waals surface area contributed by atoms with Crippen LogP contribution in [0.3, 0.4) is 0 Å². The number of aryl methyl sites for hydroxylation is 2. The van der Waals surface area contributed by atoms with E-state index in [2.05, 4.69) is 37.6 Å². The van der Waals surface area contributed by atoms with Crippen molar-refractivity contribution < 1.29 is 4.74 Å². The Morgan fingerprint density at radius 1 is 0.974 bits per heavy atom. The Labute approximate surface area is 222 Å². The minimum Gasteiger partial charge on any atom is -0.457 e. The van der Waals surface area contributed by atoms with Crippen molar-refractivity contribution in [3.63, 3.8) is 0 Å². The summed E-state index contributed by atoms with van der Waals surface area (Å²) in [6.45, 7) is 2.04. The van der Waals surface area contributed by atoms with E-state index >= 15 is 0 Å². The minimum atomic E-state index is 0.398. The summed E-state index contributed by atoms with van der Waals surface area (Å²) in [6.07, 6.45) is 16.6. The van der Waals surface area contributed by atoms with Crippen LogP contribution in [-0.2, 0) is 6.42 Å². The molecule has 9 nitrogen and oxygen atoms in total. The first-order valence-corrected chi connectivity index (χ1v) is 13.5. The lowest BCUT2D eigenvalue weighted by Gasteiger charge is -2.14. The summed E-state index contributed by atoms with van der Waals surface area (Å²) in [4.78, 5) is 8.82. The van der Waals surface area contributed by atoms with Crippen LogP contribution < -0.4 is 15.8 Å². The molecule has 1 fully saturated rings. The maximum atomic E-state index is 6.18. The summed E-state index contributed by atoms with van der Waals surface area (Å²) in [5.41, 5.74) is 11.2. The molecule has 0 bridgehead atoms. The minimum absolute atomic E-state index is 0.398. The number of hydrogen-bond acceptors (Lipinski definition) is 7. The van der Waals surface area contributed by atoms with Gasteiger partial charge in [-0.25, -0.2) is 19.0 Å². The average molecular weight is 511 g/mol. The maximum absolute atomic E-state index is 6.18. The first-order valence-electron chi connectivity index (χ1n) is 13.5. The van der Waals surface area contributed by atoms with Gasteiger partial charge < -0.3 is 15.8 Å². The number of nitrogens with zero attached hydrogens (tertiary/aromatic N) is 6. The Morgan fingerprint density at radius 3 is 2.76 bits per heavy atom. The standard InChI is InChI=1S/C29H34N8O/c1-20-16-24(10-11-26(20)38-25-13-15-36-27(17-25)31-18-33-36)35-29-28-22(12-14-37(28)34-19-32-29)6-2-4-21-5-3-7-23(30)9-8-21/h10-19,21,23H,2-9,30H2,1H3,(H,32,34,35). The Morgan fingerprint density at radius 2 is 1.84 bits per heavy atom. The number of nitrogens with one attached hydrogen (secondary N) is 1. The van der Waals surface area contributed by atoms with Crippen molar-refractivity contribution in [2.45, 2.75) is 64.3 Å². The van der Waals surface area contributed by atoms with Gasteiger partial charge in [0.2, 0.25) is 0 Å². The molecule has 1 aliphatic rings. The van der Waals surface area contributed by atoms with Gasteiger partial charge in [0.15, 0.2) is 11.5 Å². The van der Waals surface area contributed by atoms with Gasteiger partial charge in [-0.05, 0) is 86.4 Å². The van der Waals surface area contributed by atoms with Gasteiger partial charge in [0, 0.05) is 30.2 Å². The SMILES string of the molecule is Cc1cc(Nc2ncnn3ccc(CCCC4CCCC(N)CC4)c23)ccc1Oc1ccn2ncnc2c1. The second-order valence-corrected chi connectivity index (χ2v) is 10.4. The fourth-order valence-electron chi connectivity index (χ4n) is 5.55. The van der Waals surface area contributed by atoms with E-state index in [1.807, 2.05) is 48.1 Å². The Balaban J connectivity index is 1.14. The van der Waals surface area contributed by atoms with Crippen molar-refractivity contribution in [1.29, 1.82) is 0 Å². The third-order valence-electron chi connectivity index (χ3n) is 7.65. The molecule has 196 valence electrons. The van der Waals surface area contributed by atoms with Crippen molar-refractivity contribution >= 4 is 22.7 Å². The van der Waals surface area contributed by atoms with Crippen LogP contribution in [0, 0.1) is 12.8 Å². The highest BCUT2D eigenvalue weighted by atomic mass is 16.5. The molecule has 4 heterocycles. The molecule has 5 aromatic rings. The highest BCUT2D eigenvalue weighted by Crippen LogP contribution is 2.31. The third kappa shape index (κ3) is 5.33. The lowest BCUT2D eigenvalue weighted by atomic mass is 9.93. The van der Waals surface area contributed by atoms with Crippen LogP contribution in [0.15, 0.2) is 61.4 Å². The zero-order chi connectivity index (χ0) is 25.9. The van der Waals surface area contributed by atoms with Crippen LogP contribution in [0.4, 0.5) is 11.5 Å². The van der Waals surface area contributed by atoms with Crippen LogP contribution in [0.2, 0.25) is 0 Å². The molecule has 0 saturated heterocycles. The molecule has 9 heteroatoms. The average Bonchev–Trinajstić information content (AvgIpc) is 3.50. The molecule has 4 aromatic heterocycles. The zero-order valence-corrected chi connectivity index (χ0v) is 21.8.